The number of carbonyl (C=O) groups is 3. The Morgan fingerprint density at radius 2 is 1.69 bits per heavy atom. The number of aromatic nitrogens is 2. The molecule has 1 aliphatic carbocycles. The highest BCUT2D eigenvalue weighted by atomic mass is 19.1. The highest BCUT2D eigenvalue weighted by Gasteiger charge is 2.57. The Balaban J connectivity index is 1.14. The summed E-state index contributed by atoms with van der Waals surface area (Å²) in [6.07, 6.45) is 2.95. The summed E-state index contributed by atoms with van der Waals surface area (Å²) in [7, 11) is 1.49. The highest BCUT2D eigenvalue weighted by Crippen LogP contribution is 2.50. The molecule has 3 aromatic carbocycles. The molecule has 12 nitrogen and oxygen atoms in total. The molecule has 51 heavy (non-hydrogen) atoms. The van der Waals surface area contributed by atoms with Gasteiger partial charge in [0.15, 0.2) is 28.8 Å². The lowest BCUT2D eigenvalue weighted by atomic mass is 9.92. The first kappa shape index (κ1) is 35.3. The van der Waals surface area contributed by atoms with E-state index in [9.17, 15) is 18.8 Å². The van der Waals surface area contributed by atoms with E-state index in [1.54, 1.807) is 17.0 Å². The monoisotopic (exact) mass is 703 g/mol. The second kappa shape index (κ2) is 14.0. The number of nitrogens with zero attached hydrogens (tertiary/aromatic N) is 3. The molecule has 268 valence electrons. The molecular formula is C37H39F2N5O7. The second-order valence-corrected chi connectivity index (χ2v) is 13.7. The van der Waals surface area contributed by atoms with Gasteiger partial charge in [-0.1, -0.05) is 0 Å². The van der Waals surface area contributed by atoms with Gasteiger partial charge in [-0.3, -0.25) is 9.59 Å². The number of benzene rings is 3. The molecule has 0 radical (unpaired) electrons. The van der Waals surface area contributed by atoms with Crippen LogP contribution in [0.15, 0.2) is 54.9 Å². The van der Waals surface area contributed by atoms with E-state index in [1.165, 1.54) is 49.8 Å². The van der Waals surface area contributed by atoms with Crippen LogP contribution in [0.25, 0.3) is 10.9 Å². The number of piperidine rings is 1. The summed E-state index contributed by atoms with van der Waals surface area (Å²) < 4.78 is 52.1. The second-order valence-electron chi connectivity index (χ2n) is 13.7. The Bertz CT molecular complexity index is 1970. The number of amides is 2. The van der Waals surface area contributed by atoms with Crippen LogP contribution >= 0.6 is 0 Å². The zero-order valence-corrected chi connectivity index (χ0v) is 28.8. The predicted octanol–water partition coefficient (Wildman–Crippen LogP) is 6.92. The van der Waals surface area contributed by atoms with Gasteiger partial charge in [0.05, 0.1) is 30.3 Å². The molecule has 0 spiro atoms. The summed E-state index contributed by atoms with van der Waals surface area (Å²) in [4.78, 5) is 49.2. The molecule has 14 heteroatoms. The first-order valence-electron chi connectivity index (χ1n) is 16.6. The maximum Gasteiger partial charge on any atom is 0.410 e. The molecule has 1 aromatic heterocycles. The van der Waals surface area contributed by atoms with Gasteiger partial charge in [-0.2, -0.15) is 0 Å². The van der Waals surface area contributed by atoms with Crippen molar-refractivity contribution in [3.05, 3.63) is 72.1 Å². The summed E-state index contributed by atoms with van der Waals surface area (Å²) in [5.41, 5.74) is 4.29. The SMILES string of the molecule is COc1cc2c(Oc3ccc(C(=O)C4(C(=O)Nc5ccc(F)cc5)CC4)c(N)c3F)ncnc2cc1OCC1CCN(C(=O)OC(C)(C)C)CC1. The van der Waals surface area contributed by atoms with Crippen LogP contribution in [0, 0.1) is 23.0 Å². The smallest absolute Gasteiger partial charge is 0.410 e. The minimum Gasteiger partial charge on any atom is -0.493 e. The number of methoxy groups -OCH3 is 1. The van der Waals surface area contributed by atoms with Crippen LogP contribution in [0.2, 0.25) is 0 Å². The number of ether oxygens (including phenoxy) is 4. The molecule has 2 fully saturated rings. The zero-order valence-electron chi connectivity index (χ0n) is 28.8. The van der Waals surface area contributed by atoms with E-state index in [0.717, 1.165) is 12.8 Å². The number of nitrogens with two attached hydrogens (primary N) is 1. The summed E-state index contributed by atoms with van der Waals surface area (Å²) in [6, 6.07) is 11.0. The third-order valence-corrected chi connectivity index (χ3v) is 8.94. The van der Waals surface area contributed by atoms with E-state index in [4.69, 9.17) is 24.7 Å². The largest absolute Gasteiger partial charge is 0.493 e. The van der Waals surface area contributed by atoms with Gasteiger partial charge in [-0.05, 0) is 94.8 Å². The maximum atomic E-state index is 15.7. The van der Waals surface area contributed by atoms with Crippen molar-refractivity contribution in [2.75, 3.05) is 37.9 Å². The van der Waals surface area contributed by atoms with E-state index in [2.05, 4.69) is 15.3 Å². The molecule has 1 aliphatic heterocycles. The Kier molecular flexibility index (Phi) is 9.69. The first-order valence-corrected chi connectivity index (χ1v) is 16.6. The summed E-state index contributed by atoms with van der Waals surface area (Å²) in [5.74, 6) is -1.91. The number of rotatable bonds is 10. The number of likely N-dealkylation sites (tertiary alicyclic amines) is 1. The van der Waals surface area contributed by atoms with Crippen LogP contribution in [0.5, 0.6) is 23.1 Å². The zero-order chi connectivity index (χ0) is 36.5. The van der Waals surface area contributed by atoms with E-state index in [0.29, 0.717) is 47.8 Å². The Morgan fingerprint density at radius 3 is 2.33 bits per heavy atom. The van der Waals surface area contributed by atoms with Crippen molar-refractivity contribution in [3.8, 4) is 23.1 Å². The van der Waals surface area contributed by atoms with Crippen molar-refractivity contribution in [2.45, 2.75) is 52.1 Å². The van der Waals surface area contributed by atoms with Crippen molar-refractivity contribution >= 4 is 40.1 Å². The molecule has 0 bridgehead atoms. The number of hydrogen-bond acceptors (Lipinski definition) is 10. The number of Topliss-reactive ketones (excluding diaryl/α,β-unsaturated/α-hetero) is 1. The van der Waals surface area contributed by atoms with Gasteiger partial charge in [0.2, 0.25) is 11.8 Å². The van der Waals surface area contributed by atoms with E-state index in [-0.39, 0.29) is 42.0 Å². The third-order valence-electron chi connectivity index (χ3n) is 8.94. The summed E-state index contributed by atoms with van der Waals surface area (Å²) in [6.45, 7) is 7.04. The van der Waals surface area contributed by atoms with E-state index < -0.39 is 40.0 Å². The van der Waals surface area contributed by atoms with Crippen molar-refractivity contribution in [1.29, 1.82) is 0 Å². The lowest BCUT2D eigenvalue weighted by Gasteiger charge is -2.33. The number of nitrogen functional groups attached to an aromatic ring is 1. The Hall–Kier alpha value is -5.53. The van der Waals surface area contributed by atoms with Crippen LogP contribution in [0.1, 0.15) is 56.8 Å². The fraction of sp³-hybridized carbons (Fsp3) is 0.378. The molecule has 1 saturated carbocycles. The molecule has 3 N–H and O–H groups in total. The minimum absolute atomic E-state index is 0.00841. The molecule has 2 amide bonds. The molecule has 4 aromatic rings. The Labute approximate surface area is 293 Å². The van der Waals surface area contributed by atoms with Gasteiger partial charge in [0, 0.05) is 30.4 Å². The standard InChI is InChI=1S/C37H39F2N5O7/c1-36(2,3)51-35(47)44-15-11-21(12-16-44)19-49-29-18-26-25(17-28(29)48-4)33(42-20-41-26)50-27-10-9-24(31(40)30(27)39)32(45)37(13-14-37)34(46)43-23-7-5-22(38)6-8-23/h5-10,17-18,20-21H,11-16,19,40H2,1-4H3,(H,43,46). The lowest BCUT2D eigenvalue weighted by molar-refractivity contribution is -0.119. The molecular weight excluding hydrogens is 664 g/mol. The van der Waals surface area contributed by atoms with Crippen LogP contribution in [-0.4, -0.2) is 65.1 Å². The predicted molar refractivity (Wildman–Crippen MR) is 184 cm³/mol. The topological polar surface area (TPSA) is 155 Å². The van der Waals surface area contributed by atoms with E-state index in [1.807, 2.05) is 20.8 Å². The van der Waals surface area contributed by atoms with Gasteiger partial charge in [0.1, 0.15) is 23.2 Å². The first-order chi connectivity index (χ1) is 24.3. The molecule has 0 unspecified atom stereocenters. The Morgan fingerprint density at radius 1 is 0.980 bits per heavy atom. The number of halogens is 2. The van der Waals surface area contributed by atoms with Crippen LogP contribution < -0.4 is 25.3 Å². The van der Waals surface area contributed by atoms with Crippen molar-refractivity contribution in [3.63, 3.8) is 0 Å². The quantitative estimate of drug-likeness (QED) is 0.101. The van der Waals surface area contributed by atoms with Crippen LogP contribution in [-0.2, 0) is 9.53 Å². The third kappa shape index (κ3) is 7.64. The number of anilines is 2. The van der Waals surface area contributed by atoms with E-state index >= 15 is 4.39 Å². The number of hydrogen-bond donors (Lipinski definition) is 2. The number of fused-ring (bicyclic) bond motifs is 1. The average Bonchev–Trinajstić information content (AvgIpc) is 3.92. The lowest BCUT2D eigenvalue weighted by Crippen LogP contribution is -2.42. The average molecular weight is 704 g/mol. The number of nitrogens with one attached hydrogen (secondary N) is 1. The summed E-state index contributed by atoms with van der Waals surface area (Å²) >= 11 is 0. The molecule has 0 atom stereocenters. The summed E-state index contributed by atoms with van der Waals surface area (Å²) in [5, 5.41) is 3.03. The maximum absolute atomic E-state index is 15.7. The molecule has 6 rings (SSSR count). The van der Waals surface area contributed by atoms with Crippen molar-refractivity contribution < 1.29 is 42.1 Å². The van der Waals surface area contributed by atoms with Gasteiger partial charge < -0.3 is 34.9 Å². The molecule has 2 heterocycles. The van der Waals surface area contributed by atoms with Crippen molar-refractivity contribution in [1.82, 2.24) is 14.9 Å². The number of ketones is 1. The highest BCUT2D eigenvalue weighted by molar-refractivity contribution is 6.21. The van der Waals surface area contributed by atoms with Crippen LogP contribution in [0.4, 0.5) is 25.0 Å². The molecule has 1 saturated heterocycles. The van der Waals surface area contributed by atoms with Gasteiger partial charge in [-0.15, -0.1) is 0 Å². The van der Waals surface area contributed by atoms with Gasteiger partial charge in [-0.25, -0.2) is 23.5 Å². The normalized spacial score (nSPS) is 15.6. The van der Waals surface area contributed by atoms with Crippen LogP contribution in [0.3, 0.4) is 0 Å². The molecule has 2 aliphatic rings. The van der Waals surface area contributed by atoms with Crippen molar-refractivity contribution in [2.24, 2.45) is 11.3 Å². The fourth-order valence-corrected chi connectivity index (χ4v) is 5.89. The van der Waals surface area contributed by atoms with Gasteiger partial charge in [0.25, 0.3) is 0 Å². The number of carbonyl (C=O) groups excluding carboxylic acids is 3. The minimum atomic E-state index is -1.41. The van der Waals surface area contributed by atoms with Gasteiger partial charge >= 0.3 is 6.09 Å². The fourth-order valence-electron chi connectivity index (χ4n) is 5.89.